The number of hydrogen-bond acceptors (Lipinski definition) is 4. The SMILES string of the molecule is CCOC(=O)CCC(=O)CCc1cc(CC)nn1C. The lowest BCUT2D eigenvalue weighted by Crippen LogP contribution is -2.09. The fraction of sp³-hybridized carbons (Fsp3) is 0.643. The molecule has 0 atom stereocenters. The van der Waals surface area contributed by atoms with E-state index in [2.05, 4.69) is 12.0 Å². The molecule has 19 heavy (non-hydrogen) atoms. The van der Waals surface area contributed by atoms with E-state index < -0.39 is 0 Å². The Hall–Kier alpha value is -1.65. The largest absolute Gasteiger partial charge is 0.466 e. The zero-order chi connectivity index (χ0) is 14.3. The Morgan fingerprint density at radius 1 is 1.26 bits per heavy atom. The lowest BCUT2D eigenvalue weighted by atomic mass is 10.1. The second-order valence-electron chi connectivity index (χ2n) is 4.45. The summed E-state index contributed by atoms with van der Waals surface area (Å²) in [6.07, 6.45) is 2.45. The molecule has 0 spiro atoms. The highest BCUT2D eigenvalue weighted by Gasteiger charge is 2.10. The zero-order valence-electron chi connectivity index (χ0n) is 11.9. The van der Waals surface area contributed by atoms with Crippen molar-refractivity contribution in [3.63, 3.8) is 0 Å². The highest BCUT2D eigenvalue weighted by Crippen LogP contribution is 2.08. The maximum Gasteiger partial charge on any atom is 0.306 e. The number of rotatable bonds is 8. The number of carbonyl (C=O) groups is 2. The first-order valence-electron chi connectivity index (χ1n) is 6.75. The lowest BCUT2D eigenvalue weighted by molar-refractivity contribution is -0.144. The summed E-state index contributed by atoms with van der Waals surface area (Å²) in [5.41, 5.74) is 2.10. The molecule has 0 aromatic carbocycles. The molecule has 0 radical (unpaired) electrons. The van der Waals surface area contributed by atoms with Crippen molar-refractivity contribution in [2.45, 2.75) is 46.0 Å². The average molecular weight is 266 g/mol. The molecule has 5 heteroatoms. The number of aromatic nitrogens is 2. The van der Waals surface area contributed by atoms with Crippen LogP contribution in [-0.4, -0.2) is 28.1 Å². The van der Waals surface area contributed by atoms with Crippen LogP contribution in [0.4, 0.5) is 0 Å². The van der Waals surface area contributed by atoms with Crippen molar-refractivity contribution in [1.29, 1.82) is 0 Å². The maximum atomic E-state index is 11.7. The van der Waals surface area contributed by atoms with Gasteiger partial charge in [0.1, 0.15) is 5.78 Å². The van der Waals surface area contributed by atoms with Gasteiger partial charge in [0.25, 0.3) is 0 Å². The van der Waals surface area contributed by atoms with Gasteiger partial charge in [0, 0.05) is 25.6 Å². The Bertz CT molecular complexity index is 438. The average Bonchev–Trinajstić information content (AvgIpc) is 2.75. The van der Waals surface area contributed by atoms with E-state index >= 15 is 0 Å². The van der Waals surface area contributed by atoms with Gasteiger partial charge < -0.3 is 4.74 Å². The molecule has 1 heterocycles. The van der Waals surface area contributed by atoms with Crippen LogP contribution in [0.15, 0.2) is 6.07 Å². The molecule has 0 amide bonds. The van der Waals surface area contributed by atoms with Crippen molar-refractivity contribution in [3.05, 3.63) is 17.5 Å². The summed E-state index contributed by atoms with van der Waals surface area (Å²) >= 11 is 0. The van der Waals surface area contributed by atoms with E-state index in [9.17, 15) is 9.59 Å². The summed E-state index contributed by atoms with van der Waals surface area (Å²) in [6.45, 7) is 4.17. The van der Waals surface area contributed by atoms with Crippen LogP contribution in [0.2, 0.25) is 0 Å². The Balaban J connectivity index is 2.33. The molecule has 0 saturated carbocycles. The van der Waals surface area contributed by atoms with Crippen molar-refractivity contribution in [1.82, 2.24) is 9.78 Å². The molecule has 106 valence electrons. The van der Waals surface area contributed by atoms with Crippen molar-refractivity contribution in [3.8, 4) is 0 Å². The molecule has 0 aliphatic carbocycles. The standard InChI is InChI=1S/C14H22N2O3/c1-4-11-10-12(16(3)15-11)6-7-13(17)8-9-14(18)19-5-2/h10H,4-9H2,1-3H3. The fourth-order valence-corrected chi connectivity index (χ4v) is 1.85. The molecule has 0 bridgehead atoms. The third kappa shape index (κ3) is 5.24. The Labute approximate surface area is 113 Å². The van der Waals surface area contributed by atoms with Gasteiger partial charge in [-0.05, 0) is 25.8 Å². The van der Waals surface area contributed by atoms with E-state index in [0.717, 1.165) is 17.8 Å². The predicted octanol–water partition coefficient (Wildman–Crippen LogP) is 1.83. The quantitative estimate of drug-likeness (QED) is 0.673. The Morgan fingerprint density at radius 2 is 2.00 bits per heavy atom. The zero-order valence-corrected chi connectivity index (χ0v) is 11.9. The van der Waals surface area contributed by atoms with Crippen molar-refractivity contribution in [2.75, 3.05) is 6.61 Å². The Morgan fingerprint density at radius 3 is 2.58 bits per heavy atom. The van der Waals surface area contributed by atoms with Crippen LogP contribution >= 0.6 is 0 Å². The van der Waals surface area contributed by atoms with Crippen LogP contribution in [0.1, 0.15) is 44.5 Å². The van der Waals surface area contributed by atoms with Crippen LogP contribution in [-0.2, 0) is 34.2 Å². The van der Waals surface area contributed by atoms with Crippen LogP contribution < -0.4 is 0 Å². The van der Waals surface area contributed by atoms with Gasteiger partial charge in [-0.25, -0.2) is 0 Å². The predicted molar refractivity (Wildman–Crippen MR) is 71.8 cm³/mol. The number of esters is 1. The fourth-order valence-electron chi connectivity index (χ4n) is 1.85. The maximum absolute atomic E-state index is 11.7. The van der Waals surface area contributed by atoms with Crippen molar-refractivity contribution >= 4 is 11.8 Å². The van der Waals surface area contributed by atoms with Crippen LogP contribution in [0.5, 0.6) is 0 Å². The summed E-state index contributed by atoms with van der Waals surface area (Å²) in [7, 11) is 1.89. The lowest BCUT2D eigenvalue weighted by Gasteiger charge is -2.02. The molecule has 0 unspecified atom stereocenters. The van der Waals surface area contributed by atoms with Gasteiger partial charge in [0.15, 0.2) is 0 Å². The smallest absolute Gasteiger partial charge is 0.306 e. The number of hydrogen-bond donors (Lipinski definition) is 0. The van der Waals surface area contributed by atoms with E-state index in [1.807, 2.05) is 17.8 Å². The number of carbonyl (C=O) groups excluding carboxylic acids is 2. The minimum absolute atomic E-state index is 0.0901. The first-order valence-corrected chi connectivity index (χ1v) is 6.75. The monoisotopic (exact) mass is 266 g/mol. The van der Waals surface area contributed by atoms with E-state index in [1.165, 1.54) is 0 Å². The summed E-state index contributed by atoms with van der Waals surface area (Å²) in [4.78, 5) is 22.8. The van der Waals surface area contributed by atoms with Gasteiger partial charge in [-0.1, -0.05) is 6.92 Å². The third-order valence-electron chi connectivity index (χ3n) is 2.96. The first kappa shape index (κ1) is 15.4. The van der Waals surface area contributed by atoms with Gasteiger partial charge in [-0.2, -0.15) is 5.10 Å². The number of nitrogens with zero attached hydrogens (tertiary/aromatic N) is 2. The van der Waals surface area contributed by atoms with Gasteiger partial charge in [-0.15, -0.1) is 0 Å². The summed E-state index contributed by atoms with van der Waals surface area (Å²) in [6, 6.07) is 2.03. The van der Waals surface area contributed by atoms with Crippen LogP contribution in [0, 0.1) is 0 Å². The summed E-state index contributed by atoms with van der Waals surface area (Å²) in [5, 5.41) is 4.34. The van der Waals surface area contributed by atoms with E-state index in [4.69, 9.17) is 4.74 Å². The van der Waals surface area contributed by atoms with Gasteiger partial charge in [0.05, 0.1) is 18.7 Å². The van der Waals surface area contributed by atoms with Crippen molar-refractivity contribution < 1.29 is 14.3 Å². The normalized spacial score (nSPS) is 10.5. The molecule has 0 aliphatic rings. The van der Waals surface area contributed by atoms with Gasteiger partial charge >= 0.3 is 5.97 Å². The Kier molecular flexibility index (Phi) is 6.25. The molecular weight excluding hydrogens is 244 g/mol. The minimum atomic E-state index is -0.301. The minimum Gasteiger partial charge on any atom is -0.466 e. The van der Waals surface area contributed by atoms with Gasteiger partial charge in [0.2, 0.25) is 0 Å². The van der Waals surface area contributed by atoms with E-state index in [-0.39, 0.29) is 24.6 Å². The highest BCUT2D eigenvalue weighted by atomic mass is 16.5. The highest BCUT2D eigenvalue weighted by molar-refractivity contribution is 5.83. The first-order chi connectivity index (χ1) is 9.06. The number of ether oxygens (including phenoxy) is 1. The molecule has 0 fully saturated rings. The summed E-state index contributed by atoms with van der Waals surface area (Å²) < 4.78 is 6.60. The molecule has 5 nitrogen and oxygen atoms in total. The molecular formula is C14H22N2O3. The molecule has 0 aliphatic heterocycles. The van der Waals surface area contributed by atoms with Crippen molar-refractivity contribution in [2.24, 2.45) is 7.05 Å². The molecule has 0 N–H and O–H groups in total. The molecule has 1 rings (SSSR count). The van der Waals surface area contributed by atoms with E-state index in [1.54, 1.807) is 6.92 Å². The van der Waals surface area contributed by atoms with Crippen LogP contribution in [0.25, 0.3) is 0 Å². The third-order valence-corrected chi connectivity index (χ3v) is 2.96. The molecule has 0 saturated heterocycles. The number of ketones is 1. The molecule has 1 aromatic rings. The topological polar surface area (TPSA) is 61.2 Å². The van der Waals surface area contributed by atoms with Gasteiger partial charge in [-0.3, -0.25) is 14.3 Å². The van der Waals surface area contributed by atoms with E-state index in [0.29, 0.717) is 19.4 Å². The second-order valence-corrected chi connectivity index (χ2v) is 4.45. The number of aryl methyl sites for hydroxylation is 3. The number of Topliss-reactive ketones (excluding diaryl/α,β-unsaturated/α-hetero) is 1. The van der Waals surface area contributed by atoms with Crippen LogP contribution in [0.3, 0.4) is 0 Å². The summed E-state index contributed by atoms with van der Waals surface area (Å²) in [5.74, 6) is -0.211. The molecule has 1 aromatic heterocycles. The second kappa shape index (κ2) is 7.71.